The molecule has 2 saturated heterocycles. The molecule has 158 valence electrons. The number of ether oxygens (including phenoxy) is 3. The van der Waals surface area contributed by atoms with Crippen LogP contribution >= 0.6 is 0 Å². The number of aromatic amines is 1. The van der Waals surface area contributed by atoms with Crippen molar-refractivity contribution < 1.29 is 14.2 Å². The van der Waals surface area contributed by atoms with E-state index in [0.717, 1.165) is 54.0 Å². The van der Waals surface area contributed by atoms with Gasteiger partial charge in [-0.05, 0) is 32.0 Å². The summed E-state index contributed by atoms with van der Waals surface area (Å²) in [5.41, 5.74) is 2.73. The zero-order valence-electron chi connectivity index (χ0n) is 17.4. The molecule has 2 atom stereocenters. The largest absolute Gasteiger partial charge is 0.474 e. The molecule has 2 aliphatic rings. The highest BCUT2D eigenvalue weighted by molar-refractivity contribution is 5.96. The number of rotatable bonds is 4. The molecule has 1 N–H and O–H groups in total. The lowest BCUT2D eigenvalue weighted by atomic mass is 10.1. The fourth-order valence-corrected chi connectivity index (χ4v) is 4.35. The van der Waals surface area contributed by atoms with Gasteiger partial charge in [-0.3, -0.25) is 5.10 Å². The molecule has 8 heteroatoms. The maximum Gasteiger partial charge on any atom is 0.225 e. The molecule has 0 saturated carbocycles. The summed E-state index contributed by atoms with van der Waals surface area (Å²) in [5, 5.41) is 8.64. The number of pyridine rings is 2. The van der Waals surface area contributed by atoms with Crippen LogP contribution < -0.4 is 9.64 Å². The molecule has 5 rings (SSSR count). The molecular formula is C22H27N5O3. The van der Waals surface area contributed by atoms with Gasteiger partial charge >= 0.3 is 0 Å². The van der Waals surface area contributed by atoms with Gasteiger partial charge < -0.3 is 19.1 Å². The molecule has 2 aliphatic heterocycles. The average molecular weight is 409 g/mol. The molecule has 0 amide bonds. The number of fused-ring (bicyclic) bond motifs is 1. The van der Waals surface area contributed by atoms with Gasteiger partial charge in [-0.15, -0.1) is 0 Å². The monoisotopic (exact) mass is 409 g/mol. The van der Waals surface area contributed by atoms with Gasteiger partial charge in [0.2, 0.25) is 5.88 Å². The van der Waals surface area contributed by atoms with E-state index in [1.807, 2.05) is 18.3 Å². The minimum atomic E-state index is 0.114. The lowest BCUT2D eigenvalue weighted by molar-refractivity contribution is 0.0244. The lowest BCUT2D eigenvalue weighted by Gasteiger charge is -2.39. The van der Waals surface area contributed by atoms with E-state index in [0.29, 0.717) is 19.1 Å². The van der Waals surface area contributed by atoms with E-state index in [9.17, 15) is 0 Å². The zero-order chi connectivity index (χ0) is 20.5. The van der Waals surface area contributed by atoms with Crippen molar-refractivity contribution in [2.45, 2.75) is 44.9 Å². The van der Waals surface area contributed by atoms with E-state index in [1.165, 1.54) is 0 Å². The Labute approximate surface area is 175 Å². The summed E-state index contributed by atoms with van der Waals surface area (Å²) in [4.78, 5) is 11.5. The number of H-pyrrole nitrogens is 1. The number of nitrogens with one attached hydrogen (secondary N) is 1. The maximum atomic E-state index is 6.28. The van der Waals surface area contributed by atoms with Gasteiger partial charge in [0.15, 0.2) is 0 Å². The Bertz CT molecular complexity index is 1010. The second-order valence-electron chi connectivity index (χ2n) is 8.09. The normalized spacial score (nSPS) is 23.1. The first-order valence-corrected chi connectivity index (χ1v) is 10.6. The number of anilines is 1. The Hall–Kier alpha value is -2.71. The first-order valence-electron chi connectivity index (χ1n) is 10.6. The average Bonchev–Trinajstić information content (AvgIpc) is 3.20. The van der Waals surface area contributed by atoms with Gasteiger partial charge in [-0.25, -0.2) is 9.97 Å². The van der Waals surface area contributed by atoms with Crippen molar-refractivity contribution in [1.29, 1.82) is 0 Å². The van der Waals surface area contributed by atoms with Crippen molar-refractivity contribution in [2.75, 3.05) is 31.3 Å². The van der Waals surface area contributed by atoms with Crippen LogP contribution in [0.2, 0.25) is 0 Å². The number of aromatic nitrogens is 4. The van der Waals surface area contributed by atoms with Crippen LogP contribution in [0.1, 0.15) is 26.7 Å². The van der Waals surface area contributed by atoms with Crippen LogP contribution in [-0.4, -0.2) is 64.8 Å². The van der Waals surface area contributed by atoms with Crippen LogP contribution in [0.15, 0.2) is 30.6 Å². The Morgan fingerprint density at radius 1 is 1.03 bits per heavy atom. The van der Waals surface area contributed by atoms with Gasteiger partial charge in [-0.1, -0.05) is 0 Å². The first kappa shape index (κ1) is 19.3. The minimum absolute atomic E-state index is 0.114. The topological polar surface area (TPSA) is 85.4 Å². The molecule has 0 aromatic carbocycles. The highest BCUT2D eigenvalue weighted by atomic mass is 16.5. The molecule has 3 aromatic heterocycles. The summed E-state index contributed by atoms with van der Waals surface area (Å²) in [6.07, 6.45) is 5.46. The van der Waals surface area contributed by atoms with Gasteiger partial charge in [0.1, 0.15) is 17.6 Å². The third kappa shape index (κ3) is 3.61. The van der Waals surface area contributed by atoms with Crippen LogP contribution in [0.25, 0.3) is 22.2 Å². The third-order valence-corrected chi connectivity index (χ3v) is 5.84. The van der Waals surface area contributed by atoms with Crippen molar-refractivity contribution >= 4 is 16.7 Å². The zero-order valence-corrected chi connectivity index (χ0v) is 17.4. The van der Waals surface area contributed by atoms with Gasteiger partial charge in [0.25, 0.3) is 0 Å². The Kier molecular flexibility index (Phi) is 5.26. The molecule has 0 radical (unpaired) electrons. The molecule has 0 spiro atoms. The molecule has 5 heterocycles. The second kappa shape index (κ2) is 8.20. The molecule has 0 aliphatic carbocycles. The standard InChI is InChI=1S/C22H27N5O3/c1-14-12-29-13-15(2)27(14)19-11-16(3-7-23-19)21-20-18(25-26-21)4-8-24-22(20)30-17-5-9-28-10-6-17/h3-4,7-8,11,14-15,17H,5-6,9-10,12-13H2,1-2H3,(H,25,26). The molecule has 30 heavy (non-hydrogen) atoms. The summed E-state index contributed by atoms with van der Waals surface area (Å²) in [6, 6.07) is 6.54. The van der Waals surface area contributed by atoms with Crippen LogP contribution in [-0.2, 0) is 9.47 Å². The van der Waals surface area contributed by atoms with Gasteiger partial charge in [0, 0.05) is 30.8 Å². The summed E-state index contributed by atoms with van der Waals surface area (Å²) < 4.78 is 17.4. The fourth-order valence-electron chi connectivity index (χ4n) is 4.35. The van der Waals surface area contributed by atoms with Crippen LogP contribution in [0, 0.1) is 0 Å². The highest BCUT2D eigenvalue weighted by Crippen LogP contribution is 2.35. The van der Waals surface area contributed by atoms with Crippen LogP contribution in [0.5, 0.6) is 5.88 Å². The summed E-state index contributed by atoms with van der Waals surface area (Å²) in [5.74, 6) is 1.55. The number of hydrogen-bond acceptors (Lipinski definition) is 7. The molecule has 8 nitrogen and oxygen atoms in total. The van der Waals surface area contributed by atoms with Crippen molar-refractivity contribution in [1.82, 2.24) is 20.2 Å². The van der Waals surface area contributed by atoms with Gasteiger partial charge in [0.05, 0.1) is 49.4 Å². The van der Waals surface area contributed by atoms with Crippen molar-refractivity contribution in [2.24, 2.45) is 0 Å². The van der Waals surface area contributed by atoms with E-state index in [2.05, 4.69) is 45.0 Å². The summed E-state index contributed by atoms with van der Waals surface area (Å²) in [6.45, 7) is 7.18. The highest BCUT2D eigenvalue weighted by Gasteiger charge is 2.27. The van der Waals surface area contributed by atoms with Gasteiger partial charge in [-0.2, -0.15) is 5.10 Å². The number of hydrogen-bond donors (Lipinski definition) is 1. The number of morpholine rings is 1. The lowest BCUT2D eigenvalue weighted by Crippen LogP contribution is -2.50. The van der Waals surface area contributed by atoms with E-state index in [1.54, 1.807) is 6.20 Å². The molecule has 2 fully saturated rings. The SMILES string of the molecule is CC1COCC(C)N1c1cc(-c2n[nH]c3ccnc(OC4CCOCC4)c23)ccn1. The smallest absolute Gasteiger partial charge is 0.225 e. The Morgan fingerprint density at radius 3 is 2.60 bits per heavy atom. The van der Waals surface area contributed by atoms with E-state index >= 15 is 0 Å². The van der Waals surface area contributed by atoms with Crippen molar-refractivity contribution in [3.63, 3.8) is 0 Å². The minimum Gasteiger partial charge on any atom is -0.474 e. The fraction of sp³-hybridized carbons (Fsp3) is 0.500. The van der Waals surface area contributed by atoms with Crippen molar-refractivity contribution in [3.05, 3.63) is 30.6 Å². The summed E-state index contributed by atoms with van der Waals surface area (Å²) >= 11 is 0. The van der Waals surface area contributed by atoms with E-state index in [-0.39, 0.29) is 18.2 Å². The van der Waals surface area contributed by atoms with E-state index in [4.69, 9.17) is 14.2 Å². The predicted octanol–water partition coefficient (Wildman–Crippen LogP) is 3.19. The molecule has 2 unspecified atom stereocenters. The van der Waals surface area contributed by atoms with Crippen LogP contribution in [0.3, 0.4) is 0 Å². The Morgan fingerprint density at radius 2 is 1.80 bits per heavy atom. The first-order chi connectivity index (χ1) is 14.7. The summed E-state index contributed by atoms with van der Waals surface area (Å²) in [7, 11) is 0. The maximum absolute atomic E-state index is 6.28. The predicted molar refractivity (Wildman–Crippen MR) is 114 cm³/mol. The second-order valence-corrected chi connectivity index (χ2v) is 8.09. The van der Waals surface area contributed by atoms with E-state index < -0.39 is 0 Å². The Balaban J connectivity index is 1.52. The third-order valence-electron chi connectivity index (χ3n) is 5.84. The quantitative estimate of drug-likeness (QED) is 0.708. The molecule has 3 aromatic rings. The van der Waals surface area contributed by atoms with Crippen molar-refractivity contribution in [3.8, 4) is 17.1 Å². The molecular weight excluding hydrogens is 382 g/mol. The van der Waals surface area contributed by atoms with Crippen LogP contribution in [0.4, 0.5) is 5.82 Å². The number of nitrogens with zero attached hydrogens (tertiary/aromatic N) is 4. The molecule has 0 bridgehead atoms.